The largest absolute Gasteiger partial charge is 0.484 e. The molecule has 0 radical (unpaired) electrons. The van der Waals surface area contributed by atoms with Crippen molar-refractivity contribution in [1.82, 2.24) is 9.99 Å². The number of carbonyl (C=O) groups is 1. The standard InChI is InChI=1S/C26H24ClN3O2/c1-18-14-21(12-13-24(18)27)32-17-26(31)29-28-15-23-19(2)30(16-20-8-4-3-5-9-20)25-11-7-6-10-22(23)25/h3-15H,16-17H2,1-2H3,(H,29,31)/b28-15-. The number of hydrogen-bond donors (Lipinski definition) is 1. The zero-order valence-electron chi connectivity index (χ0n) is 18.0. The number of benzene rings is 3. The van der Waals surface area contributed by atoms with Gasteiger partial charge in [-0.1, -0.05) is 60.1 Å². The van der Waals surface area contributed by atoms with Crippen LogP contribution in [0, 0.1) is 13.8 Å². The zero-order valence-corrected chi connectivity index (χ0v) is 18.8. The predicted molar refractivity (Wildman–Crippen MR) is 130 cm³/mol. The Kier molecular flexibility index (Phi) is 6.57. The first-order valence-electron chi connectivity index (χ1n) is 10.4. The van der Waals surface area contributed by atoms with Crippen molar-refractivity contribution in [3.8, 4) is 5.75 Å². The number of rotatable bonds is 7. The van der Waals surface area contributed by atoms with Crippen LogP contribution in [0.4, 0.5) is 0 Å². The van der Waals surface area contributed by atoms with Crippen molar-refractivity contribution in [2.45, 2.75) is 20.4 Å². The molecule has 4 aromatic rings. The Hall–Kier alpha value is -3.57. The number of hydrazone groups is 1. The second kappa shape index (κ2) is 9.71. The van der Waals surface area contributed by atoms with Crippen molar-refractivity contribution in [3.63, 3.8) is 0 Å². The molecule has 0 spiro atoms. The van der Waals surface area contributed by atoms with E-state index in [4.69, 9.17) is 16.3 Å². The summed E-state index contributed by atoms with van der Waals surface area (Å²) in [6.07, 6.45) is 1.70. The summed E-state index contributed by atoms with van der Waals surface area (Å²) in [5.41, 5.74) is 7.86. The van der Waals surface area contributed by atoms with Gasteiger partial charge in [-0.05, 0) is 49.2 Å². The fraction of sp³-hybridized carbons (Fsp3) is 0.154. The number of fused-ring (bicyclic) bond motifs is 1. The Morgan fingerprint density at radius 3 is 2.59 bits per heavy atom. The van der Waals surface area contributed by atoms with Gasteiger partial charge in [0.2, 0.25) is 0 Å². The number of halogens is 1. The molecule has 6 heteroatoms. The number of hydrogen-bond acceptors (Lipinski definition) is 3. The normalized spacial score (nSPS) is 11.2. The summed E-state index contributed by atoms with van der Waals surface area (Å²) < 4.78 is 7.79. The molecule has 1 aromatic heterocycles. The molecule has 3 aromatic carbocycles. The third-order valence-corrected chi connectivity index (χ3v) is 5.77. The summed E-state index contributed by atoms with van der Waals surface area (Å²) in [7, 11) is 0. The van der Waals surface area contributed by atoms with Crippen LogP contribution in [0.5, 0.6) is 5.75 Å². The monoisotopic (exact) mass is 445 g/mol. The highest BCUT2D eigenvalue weighted by atomic mass is 35.5. The second-order valence-electron chi connectivity index (χ2n) is 7.58. The van der Waals surface area contributed by atoms with Crippen LogP contribution in [0.25, 0.3) is 10.9 Å². The Labute approximate surface area is 192 Å². The fourth-order valence-electron chi connectivity index (χ4n) is 3.65. The molecule has 0 aliphatic rings. The van der Waals surface area contributed by atoms with Crippen molar-refractivity contribution < 1.29 is 9.53 Å². The Balaban J connectivity index is 1.47. The maximum atomic E-state index is 12.2. The van der Waals surface area contributed by atoms with E-state index in [-0.39, 0.29) is 12.5 Å². The topological polar surface area (TPSA) is 55.6 Å². The third kappa shape index (κ3) is 4.84. The van der Waals surface area contributed by atoms with E-state index in [2.05, 4.69) is 46.3 Å². The number of para-hydroxylation sites is 1. The van der Waals surface area contributed by atoms with Gasteiger partial charge in [0, 0.05) is 33.7 Å². The highest BCUT2D eigenvalue weighted by Crippen LogP contribution is 2.25. The molecule has 32 heavy (non-hydrogen) atoms. The molecule has 0 unspecified atom stereocenters. The number of nitrogens with zero attached hydrogens (tertiary/aromatic N) is 2. The lowest BCUT2D eigenvalue weighted by molar-refractivity contribution is -0.123. The first-order chi connectivity index (χ1) is 15.5. The van der Waals surface area contributed by atoms with Gasteiger partial charge >= 0.3 is 0 Å². The predicted octanol–water partition coefficient (Wildman–Crippen LogP) is 5.49. The van der Waals surface area contributed by atoms with Gasteiger partial charge in [-0.15, -0.1) is 0 Å². The number of carbonyl (C=O) groups excluding carboxylic acids is 1. The van der Waals surface area contributed by atoms with E-state index in [9.17, 15) is 4.79 Å². The van der Waals surface area contributed by atoms with Crippen molar-refractivity contribution in [2.75, 3.05) is 6.61 Å². The van der Waals surface area contributed by atoms with Gasteiger partial charge in [-0.25, -0.2) is 5.43 Å². The van der Waals surface area contributed by atoms with E-state index in [1.54, 1.807) is 24.4 Å². The summed E-state index contributed by atoms with van der Waals surface area (Å²) in [4.78, 5) is 12.2. The average Bonchev–Trinajstić information content (AvgIpc) is 3.06. The second-order valence-corrected chi connectivity index (χ2v) is 7.99. The lowest BCUT2D eigenvalue weighted by atomic mass is 10.1. The Morgan fingerprint density at radius 2 is 1.81 bits per heavy atom. The fourth-order valence-corrected chi connectivity index (χ4v) is 3.76. The minimum absolute atomic E-state index is 0.132. The van der Waals surface area contributed by atoms with Crippen LogP contribution in [0.1, 0.15) is 22.4 Å². The highest BCUT2D eigenvalue weighted by molar-refractivity contribution is 6.31. The van der Waals surface area contributed by atoms with Crippen molar-refractivity contribution in [1.29, 1.82) is 0 Å². The number of ether oxygens (including phenoxy) is 1. The summed E-state index contributed by atoms with van der Waals surface area (Å²) >= 11 is 6.02. The lowest BCUT2D eigenvalue weighted by Crippen LogP contribution is -2.24. The van der Waals surface area contributed by atoms with Crippen LogP contribution in [-0.4, -0.2) is 23.3 Å². The number of aromatic nitrogens is 1. The van der Waals surface area contributed by atoms with Crippen LogP contribution in [0.3, 0.4) is 0 Å². The molecule has 1 N–H and O–H groups in total. The lowest BCUT2D eigenvalue weighted by Gasteiger charge is -2.08. The molecular weight excluding hydrogens is 422 g/mol. The minimum Gasteiger partial charge on any atom is -0.484 e. The van der Waals surface area contributed by atoms with Crippen LogP contribution in [0.15, 0.2) is 77.9 Å². The zero-order chi connectivity index (χ0) is 22.5. The quantitative estimate of drug-likeness (QED) is 0.302. The highest BCUT2D eigenvalue weighted by Gasteiger charge is 2.13. The van der Waals surface area contributed by atoms with Crippen LogP contribution < -0.4 is 10.2 Å². The summed E-state index contributed by atoms with van der Waals surface area (Å²) in [6.45, 7) is 4.59. The first kappa shape index (κ1) is 21.7. The maximum Gasteiger partial charge on any atom is 0.277 e. The molecule has 0 fully saturated rings. The van der Waals surface area contributed by atoms with E-state index >= 15 is 0 Å². The molecule has 1 heterocycles. The molecule has 4 rings (SSSR count). The van der Waals surface area contributed by atoms with Crippen molar-refractivity contribution in [3.05, 3.63) is 100 Å². The molecule has 0 saturated heterocycles. The summed E-state index contributed by atoms with van der Waals surface area (Å²) in [5, 5.41) is 5.93. The van der Waals surface area contributed by atoms with Crippen LogP contribution in [0.2, 0.25) is 5.02 Å². The maximum absolute atomic E-state index is 12.2. The smallest absolute Gasteiger partial charge is 0.277 e. The third-order valence-electron chi connectivity index (χ3n) is 5.35. The van der Waals surface area contributed by atoms with E-state index in [0.717, 1.165) is 34.3 Å². The van der Waals surface area contributed by atoms with Gasteiger partial charge in [0.1, 0.15) is 5.75 Å². The Morgan fingerprint density at radius 1 is 1.06 bits per heavy atom. The molecule has 5 nitrogen and oxygen atoms in total. The molecular formula is C26H24ClN3O2. The molecule has 0 aliphatic carbocycles. The average molecular weight is 446 g/mol. The van der Waals surface area contributed by atoms with Crippen LogP contribution >= 0.6 is 11.6 Å². The Bertz CT molecular complexity index is 1280. The molecule has 162 valence electrons. The molecule has 0 aliphatic heterocycles. The van der Waals surface area contributed by atoms with Gasteiger partial charge < -0.3 is 9.30 Å². The van der Waals surface area contributed by atoms with Gasteiger partial charge in [-0.2, -0.15) is 5.10 Å². The van der Waals surface area contributed by atoms with E-state index in [0.29, 0.717) is 10.8 Å². The van der Waals surface area contributed by atoms with Gasteiger partial charge in [-0.3, -0.25) is 4.79 Å². The van der Waals surface area contributed by atoms with E-state index in [1.807, 2.05) is 37.3 Å². The number of amides is 1. The van der Waals surface area contributed by atoms with Crippen molar-refractivity contribution >= 4 is 34.6 Å². The van der Waals surface area contributed by atoms with Gasteiger partial charge in [0.15, 0.2) is 6.61 Å². The van der Waals surface area contributed by atoms with E-state index in [1.165, 1.54) is 5.56 Å². The molecule has 0 atom stereocenters. The van der Waals surface area contributed by atoms with Crippen LogP contribution in [-0.2, 0) is 11.3 Å². The van der Waals surface area contributed by atoms with E-state index < -0.39 is 0 Å². The number of aryl methyl sites for hydroxylation is 1. The summed E-state index contributed by atoms with van der Waals surface area (Å²) in [6, 6.07) is 23.8. The number of nitrogens with one attached hydrogen (secondary N) is 1. The van der Waals surface area contributed by atoms with Crippen molar-refractivity contribution in [2.24, 2.45) is 5.10 Å². The molecule has 0 bridgehead atoms. The minimum atomic E-state index is -0.334. The molecule has 1 amide bonds. The summed E-state index contributed by atoms with van der Waals surface area (Å²) in [5.74, 6) is 0.255. The van der Waals surface area contributed by atoms with Gasteiger partial charge in [0.05, 0.1) is 6.21 Å². The molecule has 0 saturated carbocycles. The van der Waals surface area contributed by atoms with Gasteiger partial charge in [0.25, 0.3) is 5.91 Å². The SMILES string of the molecule is Cc1cc(OCC(=O)N/N=C\c2c(C)n(Cc3ccccc3)c3ccccc23)ccc1Cl. The first-order valence-corrected chi connectivity index (χ1v) is 10.7.